The Morgan fingerprint density at radius 3 is 2.49 bits per heavy atom. The van der Waals surface area contributed by atoms with Crippen molar-refractivity contribution in [3.8, 4) is 5.75 Å². The molecule has 190 valence electrons. The van der Waals surface area contributed by atoms with Crippen LogP contribution in [0.5, 0.6) is 5.75 Å². The van der Waals surface area contributed by atoms with Crippen LogP contribution < -0.4 is 20.8 Å². The molecule has 0 aliphatic carbocycles. The van der Waals surface area contributed by atoms with Crippen LogP contribution in [-0.4, -0.2) is 39.8 Å². The summed E-state index contributed by atoms with van der Waals surface area (Å²) in [5, 5.41) is 15.0. The lowest BCUT2D eigenvalue weighted by atomic mass is 9.95. The quantitative estimate of drug-likeness (QED) is 0.299. The summed E-state index contributed by atoms with van der Waals surface area (Å²) in [6.07, 6.45) is 2.77. The van der Waals surface area contributed by atoms with E-state index in [-0.39, 0.29) is 23.5 Å². The van der Waals surface area contributed by atoms with Crippen LogP contribution in [0.25, 0.3) is 10.9 Å². The van der Waals surface area contributed by atoms with Crippen molar-refractivity contribution in [2.75, 3.05) is 23.7 Å². The number of benzene rings is 2. The molecule has 3 N–H and O–H groups in total. The van der Waals surface area contributed by atoms with Crippen LogP contribution >= 0.6 is 0 Å². The summed E-state index contributed by atoms with van der Waals surface area (Å²) in [4.78, 5) is 29.1. The monoisotopic (exact) mass is 506 g/mol. The van der Waals surface area contributed by atoms with Crippen molar-refractivity contribution >= 4 is 28.4 Å². The molecule has 0 bridgehead atoms. The van der Waals surface area contributed by atoms with Gasteiger partial charge in [0.1, 0.15) is 28.7 Å². The van der Waals surface area contributed by atoms with E-state index in [1.54, 1.807) is 18.3 Å². The number of hydrogen-bond acceptors (Lipinski definition) is 6. The lowest BCUT2D eigenvalue weighted by molar-refractivity contribution is 0.0693. The van der Waals surface area contributed by atoms with E-state index >= 15 is 8.78 Å². The highest BCUT2D eigenvalue weighted by Crippen LogP contribution is 2.45. The van der Waals surface area contributed by atoms with Crippen molar-refractivity contribution in [2.45, 2.75) is 25.5 Å². The number of pyridine rings is 2. The number of aromatic carboxylic acids is 1. The van der Waals surface area contributed by atoms with E-state index in [0.717, 1.165) is 5.56 Å². The summed E-state index contributed by atoms with van der Waals surface area (Å²) in [6.45, 7) is 2.41. The normalized spacial score (nSPS) is 16.3. The van der Waals surface area contributed by atoms with E-state index < -0.39 is 46.1 Å². The Bertz CT molecular complexity index is 1530. The van der Waals surface area contributed by atoms with Gasteiger partial charge in [-0.1, -0.05) is 43.3 Å². The van der Waals surface area contributed by atoms with Crippen LogP contribution in [0.3, 0.4) is 0 Å². The average Bonchev–Trinajstić information content (AvgIpc) is 2.91. The third-order valence-electron chi connectivity index (χ3n) is 6.40. The highest BCUT2D eigenvalue weighted by molar-refractivity contribution is 5.97. The summed E-state index contributed by atoms with van der Waals surface area (Å²) in [6, 6.07) is 14.0. The largest absolute Gasteiger partial charge is 0.483 e. The molecule has 0 amide bonds. The standard InChI is InChI=1S/C27H24F2N4O4/c1-2-17-23(15-8-4-3-5-9-15)33-14-16(27(35)36)25(34)19-20(28)21(29)22(26(37-17)24(19)33)32-13-12-31-18-10-6-7-11-30-18/h3-11,14,17,23,32H,2,12-13H2,1H3,(H,30,31)(H,35,36)/t17-,23?/m0/s1. The summed E-state index contributed by atoms with van der Waals surface area (Å²) in [7, 11) is 0. The molecule has 0 fully saturated rings. The molecule has 0 spiro atoms. The Morgan fingerprint density at radius 1 is 1.08 bits per heavy atom. The molecule has 2 aromatic carbocycles. The molecule has 1 aliphatic rings. The van der Waals surface area contributed by atoms with E-state index in [1.165, 1.54) is 10.8 Å². The minimum Gasteiger partial charge on any atom is -0.483 e. The van der Waals surface area contributed by atoms with Crippen LogP contribution in [0.2, 0.25) is 0 Å². The zero-order valence-electron chi connectivity index (χ0n) is 19.9. The first-order valence-electron chi connectivity index (χ1n) is 11.9. The molecular formula is C27H24F2N4O4. The number of carboxylic acids is 1. The molecule has 1 unspecified atom stereocenters. The van der Waals surface area contributed by atoms with E-state index in [9.17, 15) is 14.7 Å². The third-order valence-corrected chi connectivity index (χ3v) is 6.40. The van der Waals surface area contributed by atoms with Crippen molar-refractivity contribution in [1.29, 1.82) is 0 Å². The van der Waals surface area contributed by atoms with Gasteiger partial charge in [-0.05, 0) is 24.1 Å². The summed E-state index contributed by atoms with van der Waals surface area (Å²) >= 11 is 0. The molecule has 10 heteroatoms. The van der Waals surface area contributed by atoms with E-state index in [1.807, 2.05) is 43.3 Å². The Morgan fingerprint density at radius 2 is 1.81 bits per heavy atom. The fourth-order valence-electron chi connectivity index (χ4n) is 4.72. The molecule has 0 radical (unpaired) electrons. The summed E-state index contributed by atoms with van der Waals surface area (Å²) in [5.74, 6) is -3.66. The first kappa shape index (κ1) is 24.2. The number of aromatic nitrogens is 2. The zero-order chi connectivity index (χ0) is 26.1. The van der Waals surface area contributed by atoms with Crippen LogP contribution in [0.15, 0.2) is 65.7 Å². The third kappa shape index (κ3) is 4.24. The second-order valence-corrected chi connectivity index (χ2v) is 8.63. The van der Waals surface area contributed by atoms with Crippen molar-refractivity contribution < 1.29 is 23.4 Å². The number of carbonyl (C=O) groups is 1. The first-order valence-corrected chi connectivity index (χ1v) is 11.9. The Kier molecular flexibility index (Phi) is 6.47. The second kappa shape index (κ2) is 9.88. The summed E-state index contributed by atoms with van der Waals surface area (Å²) < 4.78 is 38.6. The van der Waals surface area contributed by atoms with Gasteiger partial charge in [0.05, 0.1) is 11.4 Å². The predicted octanol–water partition coefficient (Wildman–Crippen LogP) is 4.66. The Balaban J connectivity index is 1.66. The highest BCUT2D eigenvalue weighted by atomic mass is 19.2. The molecule has 0 saturated carbocycles. The van der Waals surface area contributed by atoms with Crippen LogP contribution in [0.4, 0.5) is 20.3 Å². The zero-order valence-corrected chi connectivity index (χ0v) is 19.9. The van der Waals surface area contributed by atoms with Gasteiger partial charge in [0.15, 0.2) is 17.4 Å². The van der Waals surface area contributed by atoms with Gasteiger partial charge >= 0.3 is 5.97 Å². The molecule has 1 aliphatic heterocycles. The van der Waals surface area contributed by atoms with Crippen molar-refractivity contribution in [3.05, 3.63) is 93.9 Å². The molecule has 5 rings (SSSR count). The van der Waals surface area contributed by atoms with Crippen molar-refractivity contribution in [3.63, 3.8) is 0 Å². The predicted molar refractivity (Wildman–Crippen MR) is 136 cm³/mol. The fraction of sp³-hybridized carbons (Fsp3) is 0.222. The molecule has 2 atom stereocenters. The maximum atomic E-state index is 15.5. The number of nitrogens with one attached hydrogen (secondary N) is 2. The number of anilines is 2. The number of rotatable bonds is 8. The topological polar surface area (TPSA) is 105 Å². The first-order chi connectivity index (χ1) is 17.9. The molecule has 3 heterocycles. The van der Waals surface area contributed by atoms with Gasteiger partial charge in [0.2, 0.25) is 5.43 Å². The maximum absolute atomic E-state index is 15.5. The minimum atomic E-state index is -1.52. The van der Waals surface area contributed by atoms with Crippen LogP contribution in [0, 0.1) is 11.6 Å². The van der Waals surface area contributed by atoms with Gasteiger partial charge in [-0.2, -0.15) is 0 Å². The molecule has 8 nitrogen and oxygen atoms in total. The van der Waals surface area contributed by atoms with E-state index in [4.69, 9.17) is 4.74 Å². The average molecular weight is 507 g/mol. The van der Waals surface area contributed by atoms with Gasteiger partial charge in [-0.15, -0.1) is 0 Å². The number of hydrogen-bond donors (Lipinski definition) is 3. The van der Waals surface area contributed by atoms with Crippen LogP contribution in [-0.2, 0) is 0 Å². The fourth-order valence-corrected chi connectivity index (χ4v) is 4.72. The minimum absolute atomic E-state index is 0.00707. The molecule has 4 aromatic rings. The smallest absolute Gasteiger partial charge is 0.341 e. The number of halogens is 2. The Labute approximate surface area is 210 Å². The summed E-state index contributed by atoms with van der Waals surface area (Å²) in [5.41, 5.74) is -1.19. The molecule has 2 aromatic heterocycles. The molecular weight excluding hydrogens is 482 g/mol. The van der Waals surface area contributed by atoms with E-state index in [0.29, 0.717) is 18.8 Å². The van der Waals surface area contributed by atoms with Gasteiger partial charge < -0.3 is 25.0 Å². The van der Waals surface area contributed by atoms with Gasteiger partial charge in [-0.25, -0.2) is 18.6 Å². The number of ether oxygens (including phenoxy) is 1. The van der Waals surface area contributed by atoms with E-state index in [2.05, 4.69) is 15.6 Å². The molecule has 0 saturated heterocycles. The van der Waals surface area contributed by atoms with Gasteiger partial charge in [0, 0.05) is 25.5 Å². The van der Waals surface area contributed by atoms with Crippen molar-refractivity contribution in [1.82, 2.24) is 9.55 Å². The van der Waals surface area contributed by atoms with Crippen molar-refractivity contribution in [2.24, 2.45) is 0 Å². The van der Waals surface area contributed by atoms with Gasteiger partial charge in [0.25, 0.3) is 0 Å². The number of carboxylic acid groups (broad SMARTS) is 1. The molecule has 37 heavy (non-hydrogen) atoms. The maximum Gasteiger partial charge on any atom is 0.341 e. The lowest BCUT2D eigenvalue weighted by Crippen LogP contribution is -2.37. The van der Waals surface area contributed by atoms with Crippen LogP contribution in [0.1, 0.15) is 35.3 Å². The van der Waals surface area contributed by atoms with Gasteiger partial charge in [-0.3, -0.25) is 4.79 Å². The second-order valence-electron chi connectivity index (χ2n) is 8.63. The lowest BCUT2D eigenvalue weighted by Gasteiger charge is -2.37. The number of nitrogens with zero attached hydrogens (tertiary/aromatic N) is 2. The highest BCUT2D eigenvalue weighted by Gasteiger charge is 2.37. The Hall–Kier alpha value is -4.47. The SMILES string of the molecule is CC[C@@H]1Oc2c(NCCNc3ccccn3)c(F)c(F)c3c(=O)c(C(=O)O)cn(c23)C1c1ccccc1.